The molecule has 20 heavy (non-hydrogen) atoms. The second-order valence-corrected chi connectivity index (χ2v) is 4.30. The van der Waals surface area contributed by atoms with Gasteiger partial charge >= 0.3 is 0 Å². The Balaban J connectivity index is 1.62. The molecule has 0 saturated carbocycles. The van der Waals surface area contributed by atoms with Gasteiger partial charge in [0.25, 0.3) is 5.91 Å². The van der Waals surface area contributed by atoms with E-state index in [-0.39, 0.29) is 12.5 Å². The van der Waals surface area contributed by atoms with Gasteiger partial charge in [0.05, 0.1) is 5.69 Å². The zero-order valence-electron chi connectivity index (χ0n) is 11.2. The van der Waals surface area contributed by atoms with Crippen LogP contribution in [0.1, 0.15) is 6.42 Å². The van der Waals surface area contributed by atoms with E-state index in [1.807, 2.05) is 29.1 Å². The number of nitrogens with zero attached hydrogens (tertiary/aromatic N) is 2. The maximum absolute atomic E-state index is 11.6. The Hall–Kier alpha value is -2.50. The van der Waals surface area contributed by atoms with Crippen LogP contribution in [0.15, 0.2) is 42.7 Å². The first-order valence-corrected chi connectivity index (χ1v) is 6.47. The third kappa shape index (κ3) is 4.31. The van der Waals surface area contributed by atoms with Crippen LogP contribution in [0.5, 0.6) is 5.75 Å². The van der Waals surface area contributed by atoms with Crippen molar-refractivity contribution in [2.75, 3.05) is 18.9 Å². The molecule has 1 heterocycles. The lowest BCUT2D eigenvalue weighted by Gasteiger charge is -2.09. The first kappa shape index (κ1) is 13.9. The fourth-order valence-corrected chi connectivity index (χ4v) is 1.71. The van der Waals surface area contributed by atoms with E-state index in [0.29, 0.717) is 18.0 Å². The van der Waals surface area contributed by atoms with Crippen molar-refractivity contribution in [2.45, 2.75) is 13.0 Å². The van der Waals surface area contributed by atoms with Gasteiger partial charge in [-0.1, -0.05) is 12.1 Å². The summed E-state index contributed by atoms with van der Waals surface area (Å²) in [6, 6.07) is 8.97. The van der Waals surface area contributed by atoms with E-state index in [1.54, 1.807) is 18.3 Å². The van der Waals surface area contributed by atoms with Crippen molar-refractivity contribution in [3.05, 3.63) is 42.7 Å². The lowest BCUT2D eigenvalue weighted by atomic mass is 10.3. The standard InChI is InChI=1S/C14H18N4O2/c15-12-5-1-2-6-13(12)20-11-14(19)16-7-3-9-18-10-4-8-17-18/h1-2,4-6,8,10H,3,7,9,11,15H2,(H,16,19). The van der Waals surface area contributed by atoms with E-state index in [1.165, 1.54) is 0 Å². The fourth-order valence-electron chi connectivity index (χ4n) is 1.71. The van der Waals surface area contributed by atoms with Crippen LogP contribution in [-0.2, 0) is 11.3 Å². The van der Waals surface area contributed by atoms with Gasteiger partial charge in [-0.05, 0) is 24.6 Å². The molecule has 0 aliphatic rings. The largest absolute Gasteiger partial charge is 0.482 e. The minimum atomic E-state index is -0.159. The summed E-state index contributed by atoms with van der Waals surface area (Å²) < 4.78 is 7.17. The van der Waals surface area contributed by atoms with Crippen LogP contribution in [0.3, 0.4) is 0 Å². The topological polar surface area (TPSA) is 82.2 Å². The molecule has 0 radical (unpaired) electrons. The number of nitrogen functional groups attached to an aromatic ring is 1. The van der Waals surface area contributed by atoms with E-state index in [4.69, 9.17) is 10.5 Å². The highest BCUT2D eigenvalue weighted by Gasteiger charge is 2.04. The molecule has 0 bridgehead atoms. The number of amides is 1. The van der Waals surface area contributed by atoms with Crippen LogP contribution in [-0.4, -0.2) is 28.8 Å². The second kappa shape index (κ2) is 7.18. The van der Waals surface area contributed by atoms with Gasteiger partial charge < -0.3 is 15.8 Å². The number of aryl methyl sites for hydroxylation is 1. The van der Waals surface area contributed by atoms with Crippen molar-refractivity contribution in [3.63, 3.8) is 0 Å². The van der Waals surface area contributed by atoms with E-state index in [0.717, 1.165) is 13.0 Å². The molecule has 0 aliphatic carbocycles. The van der Waals surface area contributed by atoms with Crippen molar-refractivity contribution in [1.29, 1.82) is 0 Å². The summed E-state index contributed by atoms with van der Waals surface area (Å²) in [6.07, 6.45) is 4.45. The molecule has 0 fully saturated rings. The highest BCUT2D eigenvalue weighted by Crippen LogP contribution is 2.19. The zero-order valence-corrected chi connectivity index (χ0v) is 11.2. The molecule has 0 spiro atoms. The molecular weight excluding hydrogens is 256 g/mol. The summed E-state index contributed by atoms with van der Waals surface area (Å²) in [6.45, 7) is 1.34. The van der Waals surface area contributed by atoms with Gasteiger partial charge in [-0.15, -0.1) is 0 Å². The normalized spacial score (nSPS) is 10.2. The molecule has 1 aromatic carbocycles. The number of hydrogen-bond donors (Lipinski definition) is 2. The number of hydrogen-bond acceptors (Lipinski definition) is 4. The minimum absolute atomic E-state index is 0.0318. The summed E-state index contributed by atoms with van der Waals surface area (Å²) in [5, 5.41) is 6.87. The number of aromatic nitrogens is 2. The molecular formula is C14H18N4O2. The smallest absolute Gasteiger partial charge is 0.257 e. The van der Waals surface area contributed by atoms with Gasteiger partial charge in [-0.3, -0.25) is 9.48 Å². The number of carbonyl (C=O) groups is 1. The van der Waals surface area contributed by atoms with Crippen molar-refractivity contribution < 1.29 is 9.53 Å². The molecule has 1 aromatic heterocycles. The molecule has 6 nitrogen and oxygen atoms in total. The summed E-state index contributed by atoms with van der Waals surface area (Å²) in [5.41, 5.74) is 6.24. The summed E-state index contributed by atoms with van der Waals surface area (Å²) in [4.78, 5) is 11.6. The molecule has 2 rings (SSSR count). The van der Waals surface area contributed by atoms with Crippen LogP contribution in [0.25, 0.3) is 0 Å². The monoisotopic (exact) mass is 274 g/mol. The second-order valence-electron chi connectivity index (χ2n) is 4.30. The van der Waals surface area contributed by atoms with Gasteiger partial charge in [0.1, 0.15) is 5.75 Å². The Labute approximate surface area is 117 Å². The maximum Gasteiger partial charge on any atom is 0.257 e. The Morgan fingerprint density at radius 3 is 2.95 bits per heavy atom. The quantitative estimate of drug-likeness (QED) is 0.584. The lowest BCUT2D eigenvalue weighted by Crippen LogP contribution is -2.30. The van der Waals surface area contributed by atoms with Crippen LogP contribution >= 0.6 is 0 Å². The van der Waals surface area contributed by atoms with Crippen molar-refractivity contribution >= 4 is 11.6 Å². The summed E-state index contributed by atoms with van der Waals surface area (Å²) >= 11 is 0. The van der Waals surface area contributed by atoms with E-state index in [9.17, 15) is 4.79 Å². The van der Waals surface area contributed by atoms with Crippen LogP contribution in [0, 0.1) is 0 Å². The number of ether oxygens (including phenoxy) is 1. The predicted octanol–water partition coefficient (Wildman–Crippen LogP) is 1.05. The van der Waals surface area contributed by atoms with Crippen molar-refractivity contribution in [1.82, 2.24) is 15.1 Å². The van der Waals surface area contributed by atoms with E-state index < -0.39 is 0 Å². The third-order valence-corrected chi connectivity index (χ3v) is 2.72. The molecule has 6 heteroatoms. The number of rotatable bonds is 7. The molecule has 0 saturated heterocycles. The number of nitrogens with two attached hydrogens (primary N) is 1. The Kier molecular flexibility index (Phi) is 5.00. The first-order valence-electron chi connectivity index (χ1n) is 6.47. The SMILES string of the molecule is Nc1ccccc1OCC(=O)NCCCn1cccn1. The average Bonchev–Trinajstić information content (AvgIpc) is 2.96. The summed E-state index contributed by atoms with van der Waals surface area (Å²) in [7, 11) is 0. The predicted molar refractivity (Wildman–Crippen MR) is 76.2 cm³/mol. The molecule has 0 unspecified atom stereocenters. The number of para-hydroxylation sites is 2. The maximum atomic E-state index is 11.6. The zero-order chi connectivity index (χ0) is 14.2. The third-order valence-electron chi connectivity index (χ3n) is 2.72. The van der Waals surface area contributed by atoms with Crippen LogP contribution in [0.2, 0.25) is 0 Å². The van der Waals surface area contributed by atoms with Crippen molar-refractivity contribution in [3.8, 4) is 5.75 Å². The molecule has 0 atom stereocenters. The average molecular weight is 274 g/mol. The van der Waals surface area contributed by atoms with Gasteiger partial charge in [0, 0.05) is 25.5 Å². The number of anilines is 1. The first-order chi connectivity index (χ1) is 9.75. The van der Waals surface area contributed by atoms with Gasteiger partial charge in [0.15, 0.2) is 6.61 Å². The van der Waals surface area contributed by atoms with Gasteiger partial charge in [-0.25, -0.2) is 0 Å². The van der Waals surface area contributed by atoms with Crippen LogP contribution < -0.4 is 15.8 Å². The number of carbonyl (C=O) groups excluding carboxylic acids is 1. The van der Waals surface area contributed by atoms with E-state index in [2.05, 4.69) is 10.4 Å². The van der Waals surface area contributed by atoms with Gasteiger partial charge in [0.2, 0.25) is 0 Å². The van der Waals surface area contributed by atoms with E-state index >= 15 is 0 Å². The lowest BCUT2D eigenvalue weighted by molar-refractivity contribution is -0.123. The highest BCUT2D eigenvalue weighted by molar-refractivity contribution is 5.77. The Bertz CT molecular complexity index is 540. The fraction of sp³-hybridized carbons (Fsp3) is 0.286. The highest BCUT2D eigenvalue weighted by atomic mass is 16.5. The molecule has 106 valence electrons. The number of benzene rings is 1. The Morgan fingerprint density at radius 2 is 2.20 bits per heavy atom. The minimum Gasteiger partial charge on any atom is -0.482 e. The summed E-state index contributed by atoms with van der Waals surface area (Å²) in [5.74, 6) is 0.368. The van der Waals surface area contributed by atoms with Gasteiger partial charge in [-0.2, -0.15) is 5.10 Å². The number of nitrogens with one attached hydrogen (secondary N) is 1. The molecule has 3 N–H and O–H groups in total. The molecule has 0 aliphatic heterocycles. The van der Waals surface area contributed by atoms with Crippen LogP contribution in [0.4, 0.5) is 5.69 Å². The molecule has 2 aromatic rings. The van der Waals surface area contributed by atoms with Crippen molar-refractivity contribution in [2.24, 2.45) is 0 Å². The molecule has 1 amide bonds. The Morgan fingerprint density at radius 1 is 1.35 bits per heavy atom.